The van der Waals surface area contributed by atoms with E-state index >= 15 is 0 Å². The highest BCUT2D eigenvalue weighted by Gasteiger charge is 2.21. The van der Waals surface area contributed by atoms with Crippen LogP contribution in [0.5, 0.6) is 0 Å². The third kappa shape index (κ3) is 3.43. The Labute approximate surface area is 120 Å². The molecule has 18 heavy (non-hydrogen) atoms. The first-order chi connectivity index (χ1) is 8.34. The Morgan fingerprint density at radius 2 is 2.00 bits per heavy atom. The molecule has 0 spiro atoms. The lowest BCUT2D eigenvalue weighted by molar-refractivity contribution is -0.119. The molecule has 0 aliphatic carbocycles. The number of carbonyl (C=O) groups is 1. The molecule has 0 heterocycles. The fraction of sp³-hybridized carbons (Fsp3) is 0.333. The van der Waals surface area contributed by atoms with Crippen LogP contribution >= 0.6 is 28.1 Å². The molecule has 1 unspecified atom stereocenters. The minimum atomic E-state index is -0.465. The summed E-state index contributed by atoms with van der Waals surface area (Å²) in [6.07, 6.45) is 0. The topological polar surface area (TPSA) is 81.1 Å². The highest BCUT2D eigenvalue weighted by atomic mass is 79.9. The molecule has 6 heteroatoms. The minimum Gasteiger partial charge on any atom is -0.389 e. The van der Waals surface area contributed by atoms with Gasteiger partial charge in [-0.2, -0.15) is 0 Å². The summed E-state index contributed by atoms with van der Waals surface area (Å²) in [6.45, 7) is 3.84. The summed E-state index contributed by atoms with van der Waals surface area (Å²) in [5, 5.41) is 3.10. The Balaban J connectivity index is 3.14. The van der Waals surface area contributed by atoms with Crippen LogP contribution in [0.25, 0.3) is 0 Å². The van der Waals surface area contributed by atoms with Gasteiger partial charge in [-0.3, -0.25) is 4.79 Å². The molecular weight excluding hydrogens is 314 g/mol. The van der Waals surface area contributed by atoms with E-state index in [0.717, 1.165) is 4.47 Å². The molecule has 0 saturated carbocycles. The van der Waals surface area contributed by atoms with Crippen molar-refractivity contribution in [2.75, 3.05) is 5.32 Å². The lowest BCUT2D eigenvalue weighted by atomic mass is 10.0. The van der Waals surface area contributed by atoms with Gasteiger partial charge in [0.05, 0.1) is 0 Å². The van der Waals surface area contributed by atoms with Crippen LogP contribution in [-0.2, 0) is 4.79 Å². The van der Waals surface area contributed by atoms with E-state index in [1.54, 1.807) is 0 Å². The maximum atomic E-state index is 11.4. The van der Waals surface area contributed by atoms with Gasteiger partial charge in [0.2, 0.25) is 5.91 Å². The Kier molecular flexibility index (Phi) is 5.10. The number of benzene rings is 1. The van der Waals surface area contributed by atoms with Gasteiger partial charge in [-0.25, -0.2) is 0 Å². The van der Waals surface area contributed by atoms with E-state index in [2.05, 4.69) is 21.2 Å². The van der Waals surface area contributed by atoms with Gasteiger partial charge in [-0.1, -0.05) is 32.1 Å². The predicted molar refractivity (Wildman–Crippen MR) is 81.5 cm³/mol. The summed E-state index contributed by atoms with van der Waals surface area (Å²) in [5.41, 5.74) is 12.4. The fourth-order valence-electron chi connectivity index (χ4n) is 1.63. The van der Waals surface area contributed by atoms with Crippen molar-refractivity contribution in [3.63, 3.8) is 0 Å². The number of anilines is 1. The lowest BCUT2D eigenvalue weighted by Gasteiger charge is -2.22. The number of hydrogen-bond donors (Lipinski definition) is 3. The zero-order chi connectivity index (χ0) is 13.9. The molecular formula is C12H16BrN3OS. The van der Waals surface area contributed by atoms with Crippen molar-refractivity contribution in [2.24, 2.45) is 17.4 Å². The lowest BCUT2D eigenvalue weighted by Crippen LogP contribution is -2.40. The summed E-state index contributed by atoms with van der Waals surface area (Å²) in [5.74, 6) is -0.334. The molecule has 1 atom stereocenters. The number of primary amides is 1. The Morgan fingerprint density at radius 3 is 2.44 bits per heavy atom. The van der Waals surface area contributed by atoms with Crippen molar-refractivity contribution in [3.05, 3.63) is 28.2 Å². The van der Waals surface area contributed by atoms with Crippen LogP contribution in [0.2, 0.25) is 0 Å². The molecule has 0 saturated heterocycles. The summed E-state index contributed by atoms with van der Waals surface area (Å²) in [7, 11) is 0. The van der Waals surface area contributed by atoms with Crippen LogP contribution in [0, 0.1) is 5.92 Å². The first kappa shape index (κ1) is 14.9. The van der Waals surface area contributed by atoms with E-state index in [0.29, 0.717) is 11.3 Å². The van der Waals surface area contributed by atoms with Crippen LogP contribution in [0.15, 0.2) is 22.7 Å². The van der Waals surface area contributed by atoms with Crippen LogP contribution in [0.1, 0.15) is 19.4 Å². The molecule has 4 nitrogen and oxygen atoms in total. The standard InChI is InChI=1S/C12H16BrN3OS/c1-6(2)10(11(14)17)16-8-5-3-4-7(13)9(8)12(15)18/h3-6,10,16H,1-2H3,(H2,14,17)(H2,15,18). The van der Waals surface area contributed by atoms with E-state index in [9.17, 15) is 4.79 Å². The Morgan fingerprint density at radius 1 is 1.39 bits per heavy atom. The molecule has 0 radical (unpaired) electrons. The average Bonchev–Trinajstić information content (AvgIpc) is 2.24. The number of thiocarbonyl (C=S) groups is 1. The second kappa shape index (κ2) is 6.15. The number of hydrogen-bond acceptors (Lipinski definition) is 3. The number of halogens is 1. The van der Waals surface area contributed by atoms with E-state index in [4.69, 9.17) is 23.7 Å². The monoisotopic (exact) mass is 329 g/mol. The molecule has 0 aliphatic heterocycles. The predicted octanol–water partition coefficient (Wildman–Crippen LogP) is 2.01. The number of nitrogens with one attached hydrogen (secondary N) is 1. The average molecular weight is 330 g/mol. The molecule has 1 aromatic rings. The maximum absolute atomic E-state index is 11.4. The summed E-state index contributed by atoms with van der Waals surface area (Å²) >= 11 is 8.40. The van der Waals surface area contributed by atoms with Gasteiger partial charge >= 0.3 is 0 Å². The normalized spacial score (nSPS) is 12.2. The maximum Gasteiger partial charge on any atom is 0.240 e. The number of amides is 1. The quantitative estimate of drug-likeness (QED) is 0.722. The second-order valence-corrected chi connectivity index (χ2v) is 5.59. The third-order valence-electron chi connectivity index (χ3n) is 2.54. The Hall–Kier alpha value is -1.14. The second-order valence-electron chi connectivity index (χ2n) is 4.30. The van der Waals surface area contributed by atoms with Gasteiger partial charge in [0.15, 0.2) is 0 Å². The first-order valence-corrected chi connectivity index (χ1v) is 6.69. The van der Waals surface area contributed by atoms with Crippen molar-refractivity contribution in [3.8, 4) is 0 Å². The van der Waals surface area contributed by atoms with Crippen LogP contribution in [0.4, 0.5) is 5.69 Å². The van der Waals surface area contributed by atoms with Crippen molar-refractivity contribution in [2.45, 2.75) is 19.9 Å². The molecule has 1 amide bonds. The molecule has 0 bridgehead atoms. The van der Waals surface area contributed by atoms with Gasteiger partial charge in [-0.05, 0) is 34.0 Å². The summed E-state index contributed by atoms with van der Waals surface area (Å²) in [4.78, 5) is 11.7. The van der Waals surface area contributed by atoms with Crippen LogP contribution in [-0.4, -0.2) is 16.9 Å². The van der Waals surface area contributed by atoms with Crippen molar-refractivity contribution in [1.29, 1.82) is 0 Å². The number of nitrogens with two attached hydrogens (primary N) is 2. The SMILES string of the molecule is CC(C)C(Nc1cccc(Br)c1C(N)=S)C(N)=O. The van der Waals surface area contributed by atoms with E-state index in [-0.39, 0.29) is 10.9 Å². The highest BCUT2D eigenvalue weighted by Crippen LogP contribution is 2.26. The smallest absolute Gasteiger partial charge is 0.240 e. The third-order valence-corrected chi connectivity index (χ3v) is 3.41. The summed E-state index contributed by atoms with van der Waals surface area (Å²) < 4.78 is 0.784. The van der Waals surface area contributed by atoms with E-state index in [1.165, 1.54) is 0 Å². The minimum absolute atomic E-state index is 0.0701. The van der Waals surface area contributed by atoms with Gasteiger partial charge < -0.3 is 16.8 Å². The zero-order valence-electron chi connectivity index (χ0n) is 10.2. The van der Waals surface area contributed by atoms with Gasteiger partial charge in [-0.15, -0.1) is 0 Å². The fourth-order valence-corrected chi connectivity index (χ4v) is 2.56. The largest absolute Gasteiger partial charge is 0.389 e. The van der Waals surface area contributed by atoms with Gasteiger partial charge in [0.1, 0.15) is 11.0 Å². The van der Waals surface area contributed by atoms with Crippen LogP contribution in [0.3, 0.4) is 0 Å². The molecule has 98 valence electrons. The molecule has 1 aromatic carbocycles. The summed E-state index contributed by atoms with van der Waals surface area (Å²) in [6, 6.07) is 5.03. The first-order valence-electron chi connectivity index (χ1n) is 5.48. The van der Waals surface area contributed by atoms with Crippen molar-refractivity contribution in [1.82, 2.24) is 0 Å². The Bertz CT molecular complexity index is 476. The van der Waals surface area contributed by atoms with E-state index in [1.807, 2.05) is 32.0 Å². The number of rotatable bonds is 5. The van der Waals surface area contributed by atoms with Crippen molar-refractivity contribution < 1.29 is 4.79 Å². The van der Waals surface area contributed by atoms with Crippen LogP contribution < -0.4 is 16.8 Å². The molecule has 5 N–H and O–H groups in total. The molecule has 0 aliphatic rings. The zero-order valence-corrected chi connectivity index (χ0v) is 12.6. The number of carbonyl (C=O) groups excluding carboxylic acids is 1. The molecule has 0 fully saturated rings. The highest BCUT2D eigenvalue weighted by molar-refractivity contribution is 9.10. The molecule has 1 rings (SSSR count). The van der Waals surface area contributed by atoms with Gasteiger partial charge in [0, 0.05) is 15.7 Å². The molecule has 0 aromatic heterocycles. The van der Waals surface area contributed by atoms with Gasteiger partial charge in [0.25, 0.3) is 0 Å². The van der Waals surface area contributed by atoms with Crippen molar-refractivity contribution >= 4 is 44.7 Å². The van der Waals surface area contributed by atoms with E-state index < -0.39 is 11.9 Å².